The van der Waals surface area contributed by atoms with Crippen LogP contribution in [0.1, 0.15) is 58.8 Å². The van der Waals surface area contributed by atoms with Crippen molar-refractivity contribution in [3.8, 4) is 0 Å². The second-order valence-corrected chi connectivity index (χ2v) is 5.89. The Kier molecular flexibility index (Phi) is 4.26. The van der Waals surface area contributed by atoms with E-state index in [2.05, 4.69) is 19.2 Å². The Labute approximate surface area is 100 Å². The van der Waals surface area contributed by atoms with E-state index in [0.717, 1.165) is 31.5 Å². The summed E-state index contributed by atoms with van der Waals surface area (Å²) >= 11 is 0. The summed E-state index contributed by atoms with van der Waals surface area (Å²) in [6, 6.07) is 0.805. The van der Waals surface area contributed by atoms with Crippen LogP contribution >= 0.6 is 0 Å². The van der Waals surface area contributed by atoms with Gasteiger partial charge in [-0.15, -0.1) is 0 Å². The van der Waals surface area contributed by atoms with Crippen molar-refractivity contribution >= 4 is 0 Å². The van der Waals surface area contributed by atoms with E-state index in [1.807, 2.05) is 0 Å². The average Bonchev–Trinajstić information content (AvgIpc) is 3.08. The molecule has 2 rings (SSSR count). The van der Waals surface area contributed by atoms with Crippen molar-refractivity contribution in [1.82, 2.24) is 5.32 Å². The maximum absolute atomic E-state index is 6.21. The van der Waals surface area contributed by atoms with E-state index < -0.39 is 0 Å². The first-order chi connectivity index (χ1) is 7.74. The fourth-order valence-electron chi connectivity index (χ4n) is 2.89. The number of hydrogen-bond donors (Lipinski definition) is 1. The summed E-state index contributed by atoms with van der Waals surface area (Å²) < 4.78 is 6.21. The zero-order valence-electron chi connectivity index (χ0n) is 10.9. The third-order valence-electron chi connectivity index (χ3n) is 3.95. The van der Waals surface area contributed by atoms with Crippen molar-refractivity contribution in [1.29, 1.82) is 0 Å². The third-order valence-corrected chi connectivity index (χ3v) is 3.95. The van der Waals surface area contributed by atoms with Crippen LogP contribution in [0.15, 0.2) is 0 Å². The lowest BCUT2D eigenvalue weighted by Gasteiger charge is -2.40. The van der Waals surface area contributed by atoms with E-state index in [0.29, 0.717) is 0 Å². The molecule has 2 heteroatoms. The van der Waals surface area contributed by atoms with E-state index >= 15 is 0 Å². The molecule has 0 aromatic rings. The molecule has 2 saturated carbocycles. The normalized spacial score (nSPS) is 35.2. The van der Waals surface area contributed by atoms with Gasteiger partial charge in [0.1, 0.15) is 0 Å². The van der Waals surface area contributed by atoms with Gasteiger partial charge in [-0.2, -0.15) is 0 Å². The van der Waals surface area contributed by atoms with E-state index in [9.17, 15) is 0 Å². The molecule has 0 aromatic heterocycles. The second-order valence-electron chi connectivity index (χ2n) is 5.89. The lowest BCUT2D eigenvalue weighted by molar-refractivity contribution is -0.0792. The molecule has 2 unspecified atom stereocenters. The molecule has 0 amide bonds. The fraction of sp³-hybridized carbons (Fsp3) is 1.00. The molecule has 0 saturated heterocycles. The quantitative estimate of drug-likeness (QED) is 0.750. The second kappa shape index (κ2) is 5.50. The van der Waals surface area contributed by atoms with Gasteiger partial charge in [-0.3, -0.25) is 0 Å². The highest BCUT2D eigenvalue weighted by Gasteiger charge is 2.37. The Morgan fingerprint density at radius 3 is 2.75 bits per heavy atom. The van der Waals surface area contributed by atoms with Crippen molar-refractivity contribution in [2.24, 2.45) is 5.92 Å². The van der Waals surface area contributed by atoms with Crippen molar-refractivity contribution in [2.75, 3.05) is 13.2 Å². The van der Waals surface area contributed by atoms with Crippen LogP contribution < -0.4 is 5.32 Å². The molecular weight excluding hydrogens is 198 g/mol. The lowest BCUT2D eigenvalue weighted by Crippen LogP contribution is -2.47. The Morgan fingerprint density at radius 1 is 1.31 bits per heavy atom. The van der Waals surface area contributed by atoms with Gasteiger partial charge < -0.3 is 10.1 Å². The van der Waals surface area contributed by atoms with Gasteiger partial charge in [0, 0.05) is 19.2 Å². The van der Waals surface area contributed by atoms with Crippen LogP contribution in [0.5, 0.6) is 0 Å². The average molecular weight is 225 g/mol. The van der Waals surface area contributed by atoms with E-state index in [1.54, 1.807) is 0 Å². The summed E-state index contributed by atoms with van der Waals surface area (Å²) in [5.41, 5.74) is 0.163. The van der Waals surface area contributed by atoms with Crippen LogP contribution in [0.4, 0.5) is 0 Å². The molecule has 0 aromatic carbocycles. The van der Waals surface area contributed by atoms with E-state index in [-0.39, 0.29) is 5.60 Å². The molecule has 2 fully saturated rings. The van der Waals surface area contributed by atoms with Gasteiger partial charge in [-0.05, 0) is 38.0 Å². The first-order valence-electron chi connectivity index (χ1n) is 7.11. The topological polar surface area (TPSA) is 21.3 Å². The van der Waals surface area contributed by atoms with Gasteiger partial charge in [-0.25, -0.2) is 0 Å². The Hall–Kier alpha value is -0.0800. The van der Waals surface area contributed by atoms with Crippen molar-refractivity contribution < 1.29 is 4.74 Å². The van der Waals surface area contributed by atoms with Gasteiger partial charge in [0.2, 0.25) is 0 Å². The summed E-state index contributed by atoms with van der Waals surface area (Å²) in [7, 11) is 0. The number of ether oxygens (including phenoxy) is 1. The fourth-order valence-corrected chi connectivity index (χ4v) is 2.89. The molecule has 2 atom stereocenters. The number of hydrogen-bond acceptors (Lipinski definition) is 2. The highest BCUT2D eigenvalue weighted by molar-refractivity contribution is 4.92. The van der Waals surface area contributed by atoms with Gasteiger partial charge in [0.25, 0.3) is 0 Å². The molecule has 0 radical (unpaired) electrons. The zero-order chi connectivity index (χ0) is 11.4. The highest BCUT2D eigenvalue weighted by atomic mass is 16.5. The predicted molar refractivity (Wildman–Crippen MR) is 67.6 cm³/mol. The molecule has 0 heterocycles. The number of nitrogens with one attached hydrogen (secondary N) is 1. The SMILES string of the molecule is CCCOC1(CNC2CC2)CCCC(C)C1. The minimum absolute atomic E-state index is 0.163. The summed E-state index contributed by atoms with van der Waals surface area (Å²) in [6.45, 7) is 6.59. The molecule has 2 nitrogen and oxygen atoms in total. The zero-order valence-corrected chi connectivity index (χ0v) is 10.9. The van der Waals surface area contributed by atoms with Crippen LogP contribution in [0.2, 0.25) is 0 Å². The summed E-state index contributed by atoms with van der Waals surface area (Å²) in [5, 5.41) is 3.67. The van der Waals surface area contributed by atoms with Gasteiger partial charge in [0.15, 0.2) is 0 Å². The summed E-state index contributed by atoms with van der Waals surface area (Å²) in [6.07, 6.45) is 9.14. The summed E-state index contributed by atoms with van der Waals surface area (Å²) in [5.74, 6) is 0.839. The van der Waals surface area contributed by atoms with Crippen molar-refractivity contribution in [3.63, 3.8) is 0 Å². The Bertz CT molecular complexity index is 215. The maximum atomic E-state index is 6.21. The molecule has 2 aliphatic rings. The first kappa shape index (κ1) is 12.4. The monoisotopic (exact) mass is 225 g/mol. The van der Waals surface area contributed by atoms with E-state index in [4.69, 9.17) is 4.74 Å². The molecule has 94 valence electrons. The first-order valence-corrected chi connectivity index (χ1v) is 7.11. The molecule has 16 heavy (non-hydrogen) atoms. The molecule has 2 aliphatic carbocycles. The van der Waals surface area contributed by atoms with Crippen LogP contribution in [0.25, 0.3) is 0 Å². The third kappa shape index (κ3) is 3.46. The maximum Gasteiger partial charge on any atom is 0.0808 e. The van der Waals surface area contributed by atoms with Crippen LogP contribution in [0, 0.1) is 5.92 Å². The van der Waals surface area contributed by atoms with E-state index in [1.165, 1.54) is 38.5 Å². The van der Waals surface area contributed by atoms with Crippen LogP contribution in [-0.2, 0) is 4.74 Å². The standard InChI is InChI=1S/C14H27NO/c1-3-9-16-14(11-15-13-6-7-13)8-4-5-12(2)10-14/h12-13,15H,3-11H2,1-2H3. The van der Waals surface area contributed by atoms with Gasteiger partial charge >= 0.3 is 0 Å². The van der Waals surface area contributed by atoms with Crippen LogP contribution in [-0.4, -0.2) is 24.8 Å². The van der Waals surface area contributed by atoms with Gasteiger partial charge in [0.05, 0.1) is 5.60 Å². The Balaban J connectivity index is 1.86. The summed E-state index contributed by atoms with van der Waals surface area (Å²) in [4.78, 5) is 0. The Morgan fingerprint density at radius 2 is 2.12 bits per heavy atom. The van der Waals surface area contributed by atoms with Gasteiger partial charge in [-0.1, -0.05) is 26.7 Å². The highest BCUT2D eigenvalue weighted by Crippen LogP contribution is 2.35. The predicted octanol–water partition coefficient (Wildman–Crippen LogP) is 3.11. The minimum Gasteiger partial charge on any atom is -0.374 e. The molecule has 0 aliphatic heterocycles. The minimum atomic E-state index is 0.163. The largest absolute Gasteiger partial charge is 0.374 e. The lowest BCUT2D eigenvalue weighted by atomic mass is 9.78. The molecule has 0 bridgehead atoms. The molecular formula is C14H27NO. The number of rotatable bonds is 6. The van der Waals surface area contributed by atoms with Crippen molar-refractivity contribution in [2.45, 2.75) is 70.4 Å². The molecule has 1 N–H and O–H groups in total. The smallest absolute Gasteiger partial charge is 0.0808 e. The van der Waals surface area contributed by atoms with Crippen molar-refractivity contribution in [3.05, 3.63) is 0 Å². The van der Waals surface area contributed by atoms with Crippen LogP contribution in [0.3, 0.4) is 0 Å². The molecule has 0 spiro atoms.